The number of nitrogens with one attached hydrogen (secondary N) is 1. The molecule has 0 amide bonds. The van der Waals surface area contributed by atoms with Gasteiger partial charge in [-0.3, -0.25) is 0 Å². The van der Waals surface area contributed by atoms with Crippen LogP contribution in [-0.2, 0) is 9.84 Å². The van der Waals surface area contributed by atoms with Crippen molar-refractivity contribution in [2.75, 3.05) is 18.8 Å². The van der Waals surface area contributed by atoms with Crippen LogP contribution in [0.2, 0.25) is 0 Å². The molecule has 0 unspecified atom stereocenters. The topological polar surface area (TPSA) is 70.0 Å². The Morgan fingerprint density at radius 1 is 1.32 bits per heavy atom. The van der Waals surface area contributed by atoms with E-state index in [0.717, 1.165) is 18.9 Å². The van der Waals surface area contributed by atoms with Crippen LogP contribution in [0.25, 0.3) is 0 Å². The highest BCUT2D eigenvalue weighted by Gasteiger charge is 2.20. The van der Waals surface area contributed by atoms with Gasteiger partial charge in [-0.15, -0.1) is 0 Å². The van der Waals surface area contributed by atoms with Crippen LogP contribution in [-0.4, -0.2) is 27.3 Å². The Kier molecular flexibility index (Phi) is 4.56. The summed E-state index contributed by atoms with van der Waals surface area (Å²) in [6.45, 7) is 1.35. The van der Waals surface area contributed by atoms with Gasteiger partial charge in [0.05, 0.1) is 22.3 Å². The highest BCUT2D eigenvalue weighted by atomic mass is 32.2. The maximum absolute atomic E-state index is 12.1. The van der Waals surface area contributed by atoms with Gasteiger partial charge in [-0.05, 0) is 37.1 Å². The standard InChI is InChI=1S/C14H18N2O2S/c15-11-13-2-1-3-14(10-13)19(17,18)9-8-16-7-6-12-4-5-12/h1-3,10,12,16H,4-9H2. The monoisotopic (exact) mass is 278 g/mol. The Bertz CT molecular complexity index is 571. The van der Waals surface area contributed by atoms with Gasteiger partial charge in [0.25, 0.3) is 0 Å². The van der Waals surface area contributed by atoms with E-state index in [2.05, 4.69) is 5.32 Å². The fourth-order valence-corrected chi connectivity index (χ4v) is 3.16. The predicted octanol–water partition coefficient (Wildman–Crippen LogP) is 1.72. The molecule has 1 aromatic rings. The molecule has 2 rings (SSSR count). The van der Waals surface area contributed by atoms with E-state index in [1.54, 1.807) is 18.2 Å². The molecule has 0 bridgehead atoms. The second-order valence-electron chi connectivity index (χ2n) is 4.94. The van der Waals surface area contributed by atoms with E-state index in [1.165, 1.54) is 18.9 Å². The van der Waals surface area contributed by atoms with Crippen LogP contribution in [0.5, 0.6) is 0 Å². The third-order valence-electron chi connectivity index (χ3n) is 3.30. The molecule has 0 heterocycles. The maximum Gasteiger partial charge on any atom is 0.179 e. The minimum Gasteiger partial charge on any atom is -0.316 e. The Labute approximate surface area is 114 Å². The first-order chi connectivity index (χ1) is 9.12. The molecule has 0 radical (unpaired) electrons. The second-order valence-corrected chi connectivity index (χ2v) is 7.05. The first-order valence-electron chi connectivity index (χ1n) is 6.55. The van der Waals surface area contributed by atoms with Gasteiger partial charge in [-0.25, -0.2) is 8.42 Å². The lowest BCUT2D eigenvalue weighted by atomic mass is 10.2. The lowest BCUT2D eigenvalue weighted by Gasteiger charge is -2.06. The van der Waals surface area contributed by atoms with E-state index in [1.807, 2.05) is 6.07 Å². The van der Waals surface area contributed by atoms with Crippen LogP contribution in [0.4, 0.5) is 0 Å². The molecule has 102 valence electrons. The maximum atomic E-state index is 12.1. The third-order valence-corrected chi connectivity index (χ3v) is 5.01. The van der Waals surface area contributed by atoms with E-state index in [0.29, 0.717) is 12.1 Å². The summed E-state index contributed by atoms with van der Waals surface area (Å²) in [5.41, 5.74) is 0.378. The molecule has 0 spiro atoms. The molecule has 5 heteroatoms. The number of hydrogen-bond donors (Lipinski definition) is 1. The van der Waals surface area contributed by atoms with Crippen LogP contribution in [0.15, 0.2) is 29.2 Å². The van der Waals surface area contributed by atoms with Gasteiger partial charge < -0.3 is 5.32 Å². The molecule has 1 N–H and O–H groups in total. The molecular formula is C14H18N2O2S. The smallest absolute Gasteiger partial charge is 0.179 e. The average molecular weight is 278 g/mol. The summed E-state index contributed by atoms with van der Waals surface area (Å²) in [6, 6.07) is 8.13. The van der Waals surface area contributed by atoms with Crippen molar-refractivity contribution in [1.82, 2.24) is 5.32 Å². The largest absolute Gasteiger partial charge is 0.316 e. The van der Waals surface area contributed by atoms with Gasteiger partial charge in [0.2, 0.25) is 0 Å². The SMILES string of the molecule is N#Cc1cccc(S(=O)(=O)CCNCCC2CC2)c1. The van der Waals surface area contributed by atoms with Crippen molar-refractivity contribution in [2.45, 2.75) is 24.2 Å². The van der Waals surface area contributed by atoms with Crippen LogP contribution in [0.3, 0.4) is 0 Å². The zero-order valence-corrected chi connectivity index (χ0v) is 11.6. The second kappa shape index (κ2) is 6.18. The van der Waals surface area contributed by atoms with Gasteiger partial charge in [0, 0.05) is 6.54 Å². The summed E-state index contributed by atoms with van der Waals surface area (Å²) in [6.07, 6.45) is 3.78. The number of rotatable bonds is 7. The lowest BCUT2D eigenvalue weighted by Crippen LogP contribution is -2.24. The van der Waals surface area contributed by atoms with Crippen molar-refractivity contribution in [3.63, 3.8) is 0 Å². The number of nitrogens with zero attached hydrogens (tertiary/aromatic N) is 1. The Morgan fingerprint density at radius 3 is 2.79 bits per heavy atom. The van der Waals surface area contributed by atoms with E-state index in [-0.39, 0.29) is 10.6 Å². The lowest BCUT2D eigenvalue weighted by molar-refractivity contribution is 0.585. The molecular weight excluding hydrogens is 260 g/mol. The predicted molar refractivity (Wildman–Crippen MR) is 73.4 cm³/mol. The molecule has 0 aliphatic heterocycles. The fourth-order valence-electron chi connectivity index (χ4n) is 1.92. The summed E-state index contributed by atoms with van der Waals surface area (Å²) in [5.74, 6) is 0.934. The Morgan fingerprint density at radius 2 is 2.11 bits per heavy atom. The van der Waals surface area contributed by atoms with Crippen molar-refractivity contribution >= 4 is 9.84 Å². The van der Waals surface area contributed by atoms with Crippen molar-refractivity contribution in [3.05, 3.63) is 29.8 Å². The Hall–Kier alpha value is -1.38. The van der Waals surface area contributed by atoms with Gasteiger partial charge in [-0.1, -0.05) is 18.9 Å². The number of hydrogen-bond acceptors (Lipinski definition) is 4. The minimum absolute atomic E-state index is 0.0759. The third kappa shape index (κ3) is 4.34. The van der Waals surface area contributed by atoms with Crippen LogP contribution >= 0.6 is 0 Å². The summed E-state index contributed by atoms with van der Waals surface area (Å²) < 4.78 is 24.1. The van der Waals surface area contributed by atoms with Crippen molar-refractivity contribution in [3.8, 4) is 6.07 Å². The van der Waals surface area contributed by atoms with Crippen molar-refractivity contribution in [2.24, 2.45) is 5.92 Å². The van der Waals surface area contributed by atoms with E-state index < -0.39 is 9.84 Å². The molecule has 1 aliphatic carbocycles. The van der Waals surface area contributed by atoms with E-state index in [4.69, 9.17) is 5.26 Å². The zero-order chi connectivity index (χ0) is 13.7. The first-order valence-corrected chi connectivity index (χ1v) is 8.21. The van der Waals surface area contributed by atoms with Crippen LogP contribution < -0.4 is 5.32 Å². The summed E-state index contributed by atoms with van der Waals surface area (Å²) in [7, 11) is -3.29. The minimum atomic E-state index is -3.29. The quantitative estimate of drug-likeness (QED) is 0.771. The summed E-state index contributed by atoms with van der Waals surface area (Å²) in [4.78, 5) is 0.232. The highest BCUT2D eigenvalue weighted by molar-refractivity contribution is 7.91. The molecule has 0 atom stereocenters. The molecule has 1 saturated carbocycles. The average Bonchev–Trinajstić information content (AvgIpc) is 3.22. The number of sulfone groups is 1. The van der Waals surface area contributed by atoms with Crippen LogP contribution in [0.1, 0.15) is 24.8 Å². The summed E-state index contributed by atoms with van der Waals surface area (Å²) in [5, 5.41) is 11.9. The van der Waals surface area contributed by atoms with Crippen molar-refractivity contribution < 1.29 is 8.42 Å². The first kappa shape index (κ1) is 14.0. The molecule has 19 heavy (non-hydrogen) atoms. The molecule has 0 aromatic heterocycles. The highest BCUT2D eigenvalue weighted by Crippen LogP contribution is 2.31. The van der Waals surface area contributed by atoms with Crippen LogP contribution in [0, 0.1) is 17.2 Å². The zero-order valence-electron chi connectivity index (χ0n) is 10.8. The molecule has 4 nitrogen and oxygen atoms in total. The number of benzene rings is 1. The van der Waals surface area contributed by atoms with Gasteiger partial charge in [-0.2, -0.15) is 5.26 Å². The number of nitriles is 1. The molecule has 1 aliphatic rings. The molecule has 1 aromatic carbocycles. The van der Waals surface area contributed by atoms with E-state index >= 15 is 0 Å². The van der Waals surface area contributed by atoms with Crippen molar-refractivity contribution in [1.29, 1.82) is 5.26 Å². The Balaban J connectivity index is 1.84. The summed E-state index contributed by atoms with van der Waals surface area (Å²) >= 11 is 0. The van der Waals surface area contributed by atoms with Gasteiger partial charge in [0.1, 0.15) is 0 Å². The normalized spacial score (nSPS) is 15.1. The molecule has 0 saturated heterocycles. The molecule has 1 fully saturated rings. The van der Waals surface area contributed by atoms with Gasteiger partial charge >= 0.3 is 0 Å². The van der Waals surface area contributed by atoms with Gasteiger partial charge in [0.15, 0.2) is 9.84 Å². The van der Waals surface area contributed by atoms with E-state index in [9.17, 15) is 8.42 Å². The fraction of sp³-hybridized carbons (Fsp3) is 0.500.